The molecule has 19 heteroatoms. The number of rotatable bonds is 72. The lowest BCUT2D eigenvalue weighted by Gasteiger charge is -2.21. The molecular weight excluding hydrogens is 1310 g/mol. The molecule has 0 amide bonds. The molecule has 17 nitrogen and oxygen atoms in total. The summed E-state index contributed by atoms with van der Waals surface area (Å²) in [7, 11) is -9.98. The fraction of sp³-hybridized carbons (Fsp3) is 0.704. The lowest BCUT2D eigenvalue weighted by atomic mass is 10.0. The van der Waals surface area contributed by atoms with Crippen molar-refractivity contribution in [3.8, 4) is 0 Å². The zero-order chi connectivity index (χ0) is 73.2. The van der Waals surface area contributed by atoms with E-state index in [9.17, 15) is 43.2 Å². The van der Waals surface area contributed by atoms with Crippen LogP contribution < -0.4 is 0 Å². The number of hydrogen-bond acceptors (Lipinski definition) is 15. The minimum atomic E-state index is -5.00. The van der Waals surface area contributed by atoms with E-state index in [4.69, 9.17) is 37.0 Å². The van der Waals surface area contributed by atoms with Crippen LogP contribution in [-0.2, 0) is 65.4 Å². The predicted octanol–water partition coefficient (Wildman–Crippen LogP) is 22.3. The summed E-state index contributed by atoms with van der Waals surface area (Å²) in [6, 6.07) is 0. The number of allylic oxidation sites excluding steroid dienone is 19. The first-order valence-corrected chi connectivity index (χ1v) is 41.8. The number of phosphoric ester groups is 2. The van der Waals surface area contributed by atoms with E-state index in [0.717, 1.165) is 141 Å². The molecule has 0 rings (SSSR count). The topological polar surface area (TPSA) is 237 Å². The number of phosphoric acid groups is 2. The van der Waals surface area contributed by atoms with E-state index < -0.39 is 97.5 Å². The Morgan fingerprint density at radius 2 is 0.560 bits per heavy atom. The second-order valence-corrected chi connectivity index (χ2v) is 28.5. The van der Waals surface area contributed by atoms with Crippen LogP contribution in [0.1, 0.15) is 310 Å². The summed E-state index contributed by atoms with van der Waals surface area (Å²) < 4.78 is 68.4. The molecule has 0 bridgehead atoms. The highest BCUT2D eigenvalue weighted by atomic mass is 31.2. The van der Waals surface area contributed by atoms with Crippen LogP contribution in [0, 0.1) is 0 Å². The fourth-order valence-corrected chi connectivity index (χ4v) is 11.7. The zero-order valence-corrected chi connectivity index (χ0v) is 64.4. The summed E-state index contributed by atoms with van der Waals surface area (Å²) in [5.74, 6) is -2.35. The van der Waals surface area contributed by atoms with Gasteiger partial charge in [0, 0.05) is 19.3 Å². The molecule has 5 atom stereocenters. The largest absolute Gasteiger partial charge is 0.472 e. The van der Waals surface area contributed by atoms with Gasteiger partial charge in [-0.15, -0.1) is 0 Å². The van der Waals surface area contributed by atoms with Gasteiger partial charge < -0.3 is 33.8 Å². The Balaban J connectivity index is 5.43. The Morgan fingerprint density at radius 1 is 0.300 bits per heavy atom. The zero-order valence-electron chi connectivity index (χ0n) is 62.6. The summed E-state index contributed by atoms with van der Waals surface area (Å²) >= 11 is 0. The van der Waals surface area contributed by atoms with Gasteiger partial charge in [0.2, 0.25) is 0 Å². The van der Waals surface area contributed by atoms with Gasteiger partial charge in [-0.2, -0.15) is 0 Å². The normalized spacial score (nSPS) is 14.6. The number of aliphatic hydroxyl groups excluding tert-OH is 1. The molecule has 0 spiro atoms. The summed E-state index contributed by atoms with van der Waals surface area (Å²) in [4.78, 5) is 72.8. The summed E-state index contributed by atoms with van der Waals surface area (Å²) in [6.45, 7) is 4.50. The smallest absolute Gasteiger partial charge is 0.462 e. The standard InChI is InChI=1S/C81H138O17P2/c1-5-9-13-17-21-25-29-33-36-37-40-43-46-50-54-58-62-66-79(84)92-72-77(98-81(86)68-64-60-56-52-48-44-39-35-31-27-23-19-15-11-7-3)74-96-100(89,90)94-70-75(82)69-93-99(87,88)95-73-76(97-80(85)67-63-59-55-51-47-41-32-28-24-20-16-12-8-4)71-91-78(83)65-61-57-53-49-45-42-38-34-30-26-22-18-14-10-6-2/h9-10,13-14,21-22,25-26,28,32-34,36,38,40,43,45,49,57,61,75-77,82H,5-8,11-12,15-20,23-24,27,29-31,35,37,39,41-42,44,46-48,50-56,58-60,62-74H2,1-4H3,(H,87,88)(H,89,90)/b13-9-,14-10-,25-21-,26-22-,32-28-,36-33-,38-34-,43-40-,49-45-,61-57-. The Labute approximate surface area is 606 Å². The van der Waals surface area contributed by atoms with Crippen molar-refractivity contribution in [2.24, 2.45) is 0 Å². The fourth-order valence-electron chi connectivity index (χ4n) is 10.1. The molecule has 0 aliphatic heterocycles. The number of hydrogen-bond donors (Lipinski definition) is 3. The molecular formula is C81H138O17P2. The third kappa shape index (κ3) is 71.8. The van der Waals surface area contributed by atoms with Gasteiger partial charge in [-0.25, -0.2) is 9.13 Å². The van der Waals surface area contributed by atoms with Crippen molar-refractivity contribution in [3.05, 3.63) is 122 Å². The highest BCUT2D eigenvalue weighted by Gasteiger charge is 2.30. The Bertz CT molecular complexity index is 2370. The molecule has 0 aromatic heterocycles. The van der Waals surface area contributed by atoms with Crippen LogP contribution in [0.15, 0.2) is 122 Å². The van der Waals surface area contributed by atoms with E-state index in [-0.39, 0.29) is 25.7 Å². The van der Waals surface area contributed by atoms with E-state index in [2.05, 4.69) is 125 Å². The molecule has 0 saturated carbocycles. The first-order valence-electron chi connectivity index (χ1n) is 38.8. The third-order valence-electron chi connectivity index (χ3n) is 16.0. The van der Waals surface area contributed by atoms with E-state index in [1.54, 1.807) is 6.08 Å². The van der Waals surface area contributed by atoms with Crippen LogP contribution in [0.4, 0.5) is 0 Å². The van der Waals surface area contributed by atoms with Crippen molar-refractivity contribution in [3.63, 3.8) is 0 Å². The number of esters is 4. The molecule has 0 aliphatic rings. The van der Waals surface area contributed by atoms with E-state index >= 15 is 0 Å². The second kappa shape index (κ2) is 72.8. The molecule has 0 saturated heterocycles. The van der Waals surface area contributed by atoms with Gasteiger partial charge in [-0.1, -0.05) is 290 Å². The number of unbranched alkanes of at least 4 members (excludes halogenated alkanes) is 27. The van der Waals surface area contributed by atoms with Crippen molar-refractivity contribution in [2.45, 2.75) is 329 Å². The van der Waals surface area contributed by atoms with Crippen LogP contribution in [0.2, 0.25) is 0 Å². The maximum absolute atomic E-state index is 13.1. The first-order chi connectivity index (χ1) is 48.7. The van der Waals surface area contributed by atoms with Crippen molar-refractivity contribution < 1.29 is 80.2 Å². The lowest BCUT2D eigenvalue weighted by Crippen LogP contribution is -2.30. The monoisotopic (exact) mass is 1440 g/mol. The van der Waals surface area contributed by atoms with Gasteiger partial charge in [0.15, 0.2) is 12.2 Å². The maximum Gasteiger partial charge on any atom is 0.472 e. The Morgan fingerprint density at radius 3 is 0.910 bits per heavy atom. The maximum atomic E-state index is 13.1. The van der Waals surface area contributed by atoms with Gasteiger partial charge >= 0.3 is 39.5 Å². The van der Waals surface area contributed by atoms with Crippen LogP contribution in [0.25, 0.3) is 0 Å². The molecule has 100 heavy (non-hydrogen) atoms. The van der Waals surface area contributed by atoms with Crippen molar-refractivity contribution in [1.29, 1.82) is 0 Å². The molecule has 574 valence electrons. The SMILES string of the molecule is CC/C=C\C/C=C\C/C=C\C/C=C\C/C=C\CC(=O)OCC(COP(=O)(O)OCC(O)COP(=O)(O)OCC(COC(=O)CCCCCC/C=C\C/C=C\C/C=C\C/C=C\CC)OC(=O)CCCCCCCCCCCCCCCCC)OC(=O)CCCCCCC/C=C\CCCCCC. The minimum Gasteiger partial charge on any atom is -0.462 e. The van der Waals surface area contributed by atoms with Gasteiger partial charge in [-0.3, -0.25) is 37.3 Å². The van der Waals surface area contributed by atoms with Crippen molar-refractivity contribution in [1.82, 2.24) is 0 Å². The summed E-state index contributed by atoms with van der Waals surface area (Å²) in [6.07, 6.45) is 79.3. The summed E-state index contributed by atoms with van der Waals surface area (Å²) in [5.41, 5.74) is 0. The third-order valence-corrected chi connectivity index (χ3v) is 17.9. The van der Waals surface area contributed by atoms with Gasteiger partial charge in [0.25, 0.3) is 0 Å². The van der Waals surface area contributed by atoms with Gasteiger partial charge in [-0.05, 0) is 116 Å². The van der Waals surface area contributed by atoms with E-state index in [1.807, 2.05) is 18.2 Å². The van der Waals surface area contributed by atoms with E-state index in [1.165, 1.54) is 89.9 Å². The Hall–Kier alpha value is -4.54. The Kier molecular flexibility index (Phi) is 69.5. The molecule has 0 aromatic rings. The van der Waals surface area contributed by atoms with Gasteiger partial charge in [0.05, 0.1) is 32.8 Å². The highest BCUT2D eigenvalue weighted by Crippen LogP contribution is 2.45. The predicted molar refractivity (Wildman–Crippen MR) is 408 cm³/mol. The molecule has 0 radical (unpaired) electrons. The van der Waals surface area contributed by atoms with Crippen LogP contribution >= 0.6 is 15.6 Å². The minimum absolute atomic E-state index is 0.0637. The summed E-state index contributed by atoms with van der Waals surface area (Å²) in [5, 5.41) is 10.6. The molecule has 0 fully saturated rings. The van der Waals surface area contributed by atoms with Crippen LogP contribution in [-0.4, -0.2) is 96.7 Å². The van der Waals surface area contributed by atoms with Crippen molar-refractivity contribution >= 4 is 39.5 Å². The number of carbonyl (C=O) groups excluding carboxylic acids is 4. The molecule has 0 aliphatic carbocycles. The number of carbonyl (C=O) groups is 4. The molecule has 3 N–H and O–H groups in total. The second-order valence-electron chi connectivity index (χ2n) is 25.6. The molecule has 0 heterocycles. The van der Waals surface area contributed by atoms with Crippen LogP contribution in [0.5, 0.6) is 0 Å². The van der Waals surface area contributed by atoms with Crippen molar-refractivity contribution in [2.75, 3.05) is 39.6 Å². The first kappa shape index (κ1) is 95.5. The average molecular weight is 1450 g/mol. The van der Waals surface area contributed by atoms with E-state index in [0.29, 0.717) is 25.7 Å². The quantitative estimate of drug-likeness (QED) is 0.0169. The average Bonchev–Trinajstić information content (AvgIpc) is 0.937. The molecule has 0 aromatic carbocycles. The highest BCUT2D eigenvalue weighted by molar-refractivity contribution is 7.47. The van der Waals surface area contributed by atoms with Crippen LogP contribution in [0.3, 0.4) is 0 Å². The number of aliphatic hydroxyl groups is 1. The number of ether oxygens (including phenoxy) is 4. The lowest BCUT2D eigenvalue weighted by molar-refractivity contribution is -0.161. The van der Waals surface area contributed by atoms with Gasteiger partial charge in [0.1, 0.15) is 19.3 Å². The molecule has 5 unspecified atom stereocenters.